The zero-order chi connectivity index (χ0) is 7.11. The Balaban J connectivity index is 3.27. The van der Waals surface area contributed by atoms with Crippen LogP contribution in [0.3, 0.4) is 0 Å². The van der Waals surface area contributed by atoms with Crippen LogP contribution in [0.4, 0.5) is 0 Å². The Labute approximate surface area is 53.4 Å². The summed E-state index contributed by atoms with van der Waals surface area (Å²) in [6.07, 6.45) is 2.34. The topological polar surface area (TPSA) is 75.4 Å². The minimum Gasteiger partial charge on any atom is -0.404 e. The molecule has 0 aromatic heterocycles. The van der Waals surface area contributed by atoms with Crippen molar-refractivity contribution in [3.63, 3.8) is 0 Å². The largest absolute Gasteiger partial charge is 0.404 e. The van der Waals surface area contributed by atoms with Crippen LogP contribution >= 0.6 is 0 Å². The van der Waals surface area contributed by atoms with Crippen molar-refractivity contribution in [1.82, 2.24) is 5.32 Å². The highest BCUT2D eigenvalue weighted by Crippen LogP contribution is 1.65. The Morgan fingerprint density at radius 3 is 2.89 bits per heavy atom. The van der Waals surface area contributed by atoms with E-state index in [-0.39, 0.29) is 19.1 Å². The first-order chi connectivity index (χ1) is 4.31. The van der Waals surface area contributed by atoms with Crippen LogP contribution in [0.25, 0.3) is 0 Å². The summed E-state index contributed by atoms with van der Waals surface area (Å²) in [5.74, 6) is -0.286. The highest BCUT2D eigenvalue weighted by atomic mass is 16.3. The van der Waals surface area contributed by atoms with Crippen LogP contribution in [-0.2, 0) is 4.79 Å². The Morgan fingerprint density at radius 2 is 2.44 bits per heavy atom. The van der Waals surface area contributed by atoms with Crippen LogP contribution in [-0.4, -0.2) is 24.2 Å². The molecular weight excluding hydrogens is 120 g/mol. The second kappa shape index (κ2) is 5.11. The van der Waals surface area contributed by atoms with E-state index in [1.54, 1.807) is 0 Å². The predicted molar refractivity (Wildman–Crippen MR) is 33.4 cm³/mol. The lowest BCUT2D eigenvalue weighted by Gasteiger charge is -1.94. The van der Waals surface area contributed by atoms with Gasteiger partial charge in [0, 0.05) is 12.6 Å². The minimum atomic E-state index is -0.286. The number of aliphatic hydroxyl groups is 1. The molecule has 0 aromatic rings. The zero-order valence-electron chi connectivity index (χ0n) is 5.00. The summed E-state index contributed by atoms with van der Waals surface area (Å²) in [5, 5.41) is 10.6. The Morgan fingerprint density at radius 1 is 1.78 bits per heavy atom. The van der Waals surface area contributed by atoms with E-state index in [0.29, 0.717) is 0 Å². The second-order valence-corrected chi connectivity index (χ2v) is 1.37. The van der Waals surface area contributed by atoms with E-state index in [0.717, 1.165) is 6.20 Å². The number of carbonyl (C=O) groups is 1. The average Bonchev–Trinajstić information content (AvgIpc) is 1.85. The molecule has 1 amide bonds. The van der Waals surface area contributed by atoms with Crippen molar-refractivity contribution in [2.45, 2.75) is 0 Å². The first-order valence-corrected chi connectivity index (χ1v) is 2.58. The van der Waals surface area contributed by atoms with Crippen molar-refractivity contribution in [2.24, 2.45) is 5.73 Å². The minimum absolute atomic E-state index is 0.0514. The average molecular weight is 130 g/mol. The normalized spacial score (nSPS) is 9.89. The number of hydrogen-bond donors (Lipinski definition) is 3. The van der Waals surface area contributed by atoms with Crippen LogP contribution in [0.5, 0.6) is 0 Å². The Hall–Kier alpha value is -1.03. The molecule has 52 valence electrons. The van der Waals surface area contributed by atoms with Crippen LogP contribution in [0, 0.1) is 0 Å². The lowest BCUT2D eigenvalue weighted by molar-refractivity contribution is -0.116. The summed E-state index contributed by atoms with van der Waals surface area (Å²) >= 11 is 0. The van der Waals surface area contributed by atoms with Gasteiger partial charge in [-0.15, -0.1) is 0 Å². The molecular formula is C5H10N2O2. The molecule has 0 aliphatic rings. The number of aliphatic hydroxyl groups excluding tert-OH is 1. The molecule has 0 bridgehead atoms. The molecule has 0 heterocycles. The van der Waals surface area contributed by atoms with Gasteiger partial charge in [0.15, 0.2) is 0 Å². The molecule has 9 heavy (non-hydrogen) atoms. The van der Waals surface area contributed by atoms with Gasteiger partial charge in [-0.05, 0) is 6.20 Å². The highest BCUT2D eigenvalue weighted by molar-refractivity contribution is 5.87. The third-order valence-electron chi connectivity index (χ3n) is 0.659. The fraction of sp³-hybridized carbons (Fsp3) is 0.400. The number of carbonyl (C=O) groups excluding carboxylic acids is 1. The van der Waals surface area contributed by atoms with Gasteiger partial charge in [0.05, 0.1) is 6.61 Å². The van der Waals surface area contributed by atoms with E-state index >= 15 is 0 Å². The lowest BCUT2D eigenvalue weighted by atomic mass is 10.5. The van der Waals surface area contributed by atoms with Crippen molar-refractivity contribution in [1.29, 1.82) is 0 Å². The van der Waals surface area contributed by atoms with Gasteiger partial charge in [-0.1, -0.05) is 0 Å². The fourth-order valence-corrected chi connectivity index (χ4v) is 0.325. The molecule has 0 spiro atoms. The van der Waals surface area contributed by atoms with Crippen LogP contribution in [0.15, 0.2) is 12.3 Å². The van der Waals surface area contributed by atoms with Crippen molar-refractivity contribution < 1.29 is 9.90 Å². The first kappa shape index (κ1) is 7.97. The highest BCUT2D eigenvalue weighted by Gasteiger charge is 1.89. The fourth-order valence-electron chi connectivity index (χ4n) is 0.325. The van der Waals surface area contributed by atoms with E-state index < -0.39 is 0 Å². The van der Waals surface area contributed by atoms with E-state index in [4.69, 9.17) is 10.8 Å². The number of rotatable bonds is 3. The Bertz CT molecular complexity index is 112. The molecule has 0 aromatic carbocycles. The summed E-state index contributed by atoms with van der Waals surface area (Å²) in [6.45, 7) is 0.216. The van der Waals surface area contributed by atoms with Gasteiger partial charge >= 0.3 is 0 Å². The maximum absolute atomic E-state index is 10.4. The van der Waals surface area contributed by atoms with Gasteiger partial charge in [-0.25, -0.2) is 0 Å². The molecule has 0 saturated heterocycles. The third kappa shape index (κ3) is 4.83. The number of nitrogens with one attached hydrogen (secondary N) is 1. The number of hydrogen-bond acceptors (Lipinski definition) is 3. The summed E-state index contributed by atoms with van der Waals surface area (Å²) in [6, 6.07) is 0. The molecule has 0 fully saturated rings. The van der Waals surface area contributed by atoms with Gasteiger partial charge in [0.2, 0.25) is 5.91 Å². The standard InChI is InChI=1S/C5H10N2O2/c6-2-1-5(9)7-3-4-8/h1-2,8H,3-4,6H2,(H,7,9)/b2-1-. The van der Waals surface area contributed by atoms with Gasteiger partial charge in [-0.3, -0.25) is 4.79 Å². The molecule has 0 atom stereocenters. The molecule has 0 aliphatic carbocycles. The first-order valence-electron chi connectivity index (χ1n) is 2.58. The monoisotopic (exact) mass is 130 g/mol. The van der Waals surface area contributed by atoms with E-state index in [2.05, 4.69) is 5.32 Å². The van der Waals surface area contributed by atoms with Gasteiger partial charge in [0.25, 0.3) is 0 Å². The summed E-state index contributed by atoms with van der Waals surface area (Å²) in [7, 11) is 0. The van der Waals surface area contributed by atoms with Crippen molar-refractivity contribution in [3.05, 3.63) is 12.3 Å². The van der Waals surface area contributed by atoms with E-state index in [1.165, 1.54) is 6.08 Å². The smallest absolute Gasteiger partial charge is 0.245 e. The second-order valence-electron chi connectivity index (χ2n) is 1.37. The molecule has 0 radical (unpaired) electrons. The van der Waals surface area contributed by atoms with Gasteiger partial charge in [-0.2, -0.15) is 0 Å². The van der Waals surface area contributed by atoms with Gasteiger partial charge < -0.3 is 16.2 Å². The van der Waals surface area contributed by atoms with Crippen LogP contribution in [0.2, 0.25) is 0 Å². The number of amides is 1. The molecule has 0 rings (SSSR count). The Kier molecular flexibility index (Phi) is 4.53. The quantitative estimate of drug-likeness (QED) is 0.410. The van der Waals surface area contributed by atoms with Gasteiger partial charge in [0.1, 0.15) is 0 Å². The van der Waals surface area contributed by atoms with Crippen molar-refractivity contribution in [2.75, 3.05) is 13.2 Å². The maximum atomic E-state index is 10.4. The third-order valence-corrected chi connectivity index (χ3v) is 0.659. The molecule has 4 nitrogen and oxygen atoms in total. The summed E-state index contributed by atoms with van der Waals surface area (Å²) in [5.41, 5.74) is 4.90. The maximum Gasteiger partial charge on any atom is 0.245 e. The SMILES string of the molecule is N/C=C\C(=O)NCCO. The summed E-state index contributed by atoms with van der Waals surface area (Å²) < 4.78 is 0. The molecule has 4 heteroatoms. The molecule has 0 saturated carbocycles. The molecule has 0 unspecified atom stereocenters. The van der Waals surface area contributed by atoms with E-state index in [9.17, 15) is 4.79 Å². The number of nitrogens with two attached hydrogens (primary N) is 1. The molecule has 4 N–H and O–H groups in total. The predicted octanol–water partition coefficient (Wildman–Crippen LogP) is -1.43. The molecule has 0 aliphatic heterocycles. The summed E-state index contributed by atoms with van der Waals surface area (Å²) in [4.78, 5) is 10.4. The van der Waals surface area contributed by atoms with Crippen molar-refractivity contribution >= 4 is 5.91 Å². The van der Waals surface area contributed by atoms with Crippen molar-refractivity contribution in [3.8, 4) is 0 Å². The van der Waals surface area contributed by atoms with Crippen LogP contribution < -0.4 is 11.1 Å². The van der Waals surface area contributed by atoms with Crippen LogP contribution in [0.1, 0.15) is 0 Å². The zero-order valence-corrected chi connectivity index (χ0v) is 5.00. The lowest BCUT2D eigenvalue weighted by Crippen LogP contribution is -2.24. The van der Waals surface area contributed by atoms with E-state index in [1.807, 2.05) is 0 Å².